The summed E-state index contributed by atoms with van der Waals surface area (Å²) < 4.78 is 11.1. The van der Waals surface area contributed by atoms with Gasteiger partial charge in [-0.1, -0.05) is 30.3 Å². The summed E-state index contributed by atoms with van der Waals surface area (Å²) in [5.41, 5.74) is 1.09. The Bertz CT molecular complexity index is 786. The number of carboxylic acids is 1. The largest absolute Gasteiger partial charge is 0.480 e. The van der Waals surface area contributed by atoms with Gasteiger partial charge >= 0.3 is 11.9 Å². The van der Waals surface area contributed by atoms with Gasteiger partial charge in [0.05, 0.1) is 24.8 Å². The van der Waals surface area contributed by atoms with E-state index in [4.69, 9.17) is 9.47 Å². The molecule has 0 spiro atoms. The van der Waals surface area contributed by atoms with Crippen LogP contribution in [0.3, 0.4) is 0 Å². The molecule has 3 rings (SSSR count). The molecule has 2 N–H and O–H groups in total. The van der Waals surface area contributed by atoms with Gasteiger partial charge in [-0.25, -0.2) is 4.79 Å². The van der Waals surface area contributed by atoms with E-state index in [2.05, 4.69) is 5.32 Å². The summed E-state index contributed by atoms with van der Waals surface area (Å²) in [7, 11) is 0. The summed E-state index contributed by atoms with van der Waals surface area (Å²) in [6.07, 6.45) is 3.51. The lowest BCUT2D eigenvalue weighted by atomic mass is 9.87. The first-order valence-electron chi connectivity index (χ1n) is 11.6. The van der Waals surface area contributed by atoms with Crippen LogP contribution in [-0.4, -0.2) is 71.3 Å². The Morgan fingerprint density at radius 3 is 2.66 bits per heavy atom. The maximum absolute atomic E-state index is 13.5. The Kier molecular flexibility index (Phi) is 8.64. The number of hydrogen-bond donors (Lipinski definition) is 2. The first kappa shape index (κ1) is 24.2. The third-order valence-corrected chi connectivity index (χ3v) is 6.32. The lowest BCUT2D eigenvalue weighted by Crippen LogP contribution is -2.64. The number of carboxylic acid groups (broad SMARTS) is 1. The van der Waals surface area contributed by atoms with Crippen LogP contribution in [0.5, 0.6) is 0 Å². The van der Waals surface area contributed by atoms with Crippen molar-refractivity contribution in [1.29, 1.82) is 0 Å². The number of carbonyl (C=O) groups is 3. The van der Waals surface area contributed by atoms with Crippen LogP contribution in [0, 0.1) is 0 Å². The Morgan fingerprint density at radius 2 is 1.97 bits per heavy atom. The first-order chi connectivity index (χ1) is 15.4. The maximum atomic E-state index is 13.5. The number of ether oxygens (including phenoxy) is 2. The number of piperidine rings is 1. The molecule has 0 bridgehead atoms. The van der Waals surface area contributed by atoms with E-state index in [-0.39, 0.29) is 24.7 Å². The Labute approximate surface area is 189 Å². The highest BCUT2D eigenvalue weighted by atomic mass is 16.5. The Morgan fingerprint density at radius 1 is 1.22 bits per heavy atom. The van der Waals surface area contributed by atoms with E-state index >= 15 is 0 Å². The van der Waals surface area contributed by atoms with Gasteiger partial charge in [0.25, 0.3) is 0 Å². The van der Waals surface area contributed by atoms with Crippen molar-refractivity contribution >= 4 is 17.8 Å². The fraction of sp³-hybridized carbons (Fsp3) is 0.625. The van der Waals surface area contributed by atoms with Gasteiger partial charge in [-0.15, -0.1) is 0 Å². The molecule has 2 aliphatic heterocycles. The molecule has 0 aromatic heterocycles. The predicted molar refractivity (Wildman–Crippen MR) is 118 cm³/mol. The van der Waals surface area contributed by atoms with E-state index in [9.17, 15) is 19.5 Å². The minimum absolute atomic E-state index is 0.130. The van der Waals surface area contributed by atoms with E-state index in [0.29, 0.717) is 32.3 Å². The lowest BCUT2D eigenvalue weighted by Gasteiger charge is -2.47. The number of rotatable bonds is 9. The minimum Gasteiger partial charge on any atom is -0.480 e. The number of nitrogens with zero attached hydrogens (tertiary/aromatic N) is 1. The normalized spacial score (nSPS) is 24.8. The van der Waals surface area contributed by atoms with Crippen LogP contribution >= 0.6 is 0 Å². The SMILES string of the molecule is CCOC(=O)C(CCc1ccccc1)N[C@@H](C)C(=O)N1C(C(=O)O)CCC2OCCCC21. The second-order valence-electron chi connectivity index (χ2n) is 8.51. The van der Waals surface area contributed by atoms with Crippen LogP contribution in [0.15, 0.2) is 30.3 Å². The maximum Gasteiger partial charge on any atom is 0.326 e. The Hall–Kier alpha value is -2.45. The zero-order valence-corrected chi connectivity index (χ0v) is 18.9. The quantitative estimate of drug-likeness (QED) is 0.560. The highest BCUT2D eigenvalue weighted by Gasteiger charge is 2.46. The fourth-order valence-electron chi connectivity index (χ4n) is 4.73. The van der Waals surface area contributed by atoms with Crippen molar-refractivity contribution < 1.29 is 29.0 Å². The fourth-order valence-corrected chi connectivity index (χ4v) is 4.73. The number of likely N-dealkylation sites (tertiary alicyclic amines) is 1. The van der Waals surface area contributed by atoms with Crippen LogP contribution in [0.25, 0.3) is 0 Å². The van der Waals surface area contributed by atoms with Crippen molar-refractivity contribution in [2.24, 2.45) is 0 Å². The lowest BCUT2D eigenvalue weighted by molar-refractivity contribution is -0.167. The molecule has 2 aliphatic rings. The molecule has 1 aromatic carbocycles. The van der Waals surface area contributed by atoms with Crippen LogP contribution in [0.4, 0.5) is 0 Å². The van der Waals surface area contributed by atoms with E-state index in [1.165, 1.54) is 4.90 Å². The predicted octanol–water partition coefficient (Wildman–Crippen LogP) is 2.15. The summed E-state index contributed by atoms with van der Waals surface area (Å²) >= 11 is 0. The Balaban J connectivity index is 1.72. The van der Waals surface area contributed by atoms with E-state index < -0.39 is 30.1 Å². The first-order valence-corrected chi connectivity index (χ1v) is 11.6. The second-order valence-corrected chi connectivity index (χ2v) is 8.51. The van der Waals surface area contributed by atoms with Crippen molar-refractivity contribution in [3.63, 3.8) is 0 Å². The number of benzene rings is 1. The molecule has 8 heteroatoms. The average Bonchev–Trinajstić information content (AvgIpc) is 2.81. The number of esters is 1. The highest BCUT2D eigenvalue weighted by molar-refractivity contribution is 5.88. The molecule has 0 radical (unpaired) electrons. The summed E-state index contributed by atoms with van der Waals surface area (Å²) in [5.74, 6) is -1.72. The van der Waals surface area contributed by atoms with Crippen molar-refractivity contribution in [2.45, 2.75) is 82.6 Å². The van der Waals surface area contributed by atoms with Gasteiger partial charge in [-0.2, -0.15) is 0 Å². The molecule has 32 heavy (non-hydrogen) atoms. The minimum atomic E-state index is -0.999. The third-order valence-electron chi connectivity index (χ3n) is 6.32. The number of amides is 1. The van der Waals surface area contributed by atoms with Gasteiger partial charge in [0, 0.05) is 6.61 Å². The van der Waals surface area contributed by atoms with Crippen LogP contribution in [0.1, 0.15) is 51.5 Å². The molecule has 0 saturated carbocycles. The number of nitrogens with one attached hydrogen (secondary N) is 1. The van der Waals surface area contributed by atoms with E-state index in [1.54, 1.807) is 13.8 Å². The summed E-state index contributed by atoms with van der Waals surface area (Å²) in [5, 5.41) is 12.9. The van der Waals surface area contributed by atoms with E-state index in [0.717, 1.165) is 18.4 Å². The van der Waals surface area contributed by atoms with Crippen molar-refractivity contribution in [2.75, 3.05) is 13.2 Å². The molecule has 5 atom stereocenters. The highest BCUT2D eigenvalue weighted by Crippen LogP contribution is 2.32. The van der Waals surface area contributed by atoms with Crippen molar-refractivity contribution in [3.8, 4) is 0 Å². The van der Waals surface area contributed by atoms with Crippen LogP contribution in [-0.2, 0) is 30.3 Å². The summed E-state index contributed by atoms with van der Waals surface area (Å²) in [6, 6.07) is 7.28. The molecule has 8 nitrogen and oxygen atoms in total. The molecule has 176 valence electrons. The molecule has 0 aliphatic carbocycles. The molecule has 1 aromatic rings. The van der Waals surface area contributed by atoms with Gasteiger partial charge in [-0.3, -0.25) is 14.9 Å². The van der Waals surface area contributed by atoms with Gasteiger partial charge < -0.3 is 19.5 Å². The van der Waals surface area contributed by atoms with Gasteiger partial charge in [0.15, 0.2) is 0 Å². The molecule has 2 saturated heterocycles. The molecule has 2 fully saturated rings. The molecular formula is C24H34N2O6. The molecule has 1 amide bonds. The van der Waals surface area contributed by atoms with Gasteiger partial charge in [-0.05, 0) is 57.9 Å². The monoisotopic (exact) mass is 446 g/mol. The number of aryl methyl sites for hydroxylation is 1. The zero-order chi connectivity index (χ0) is 23.1. The van der Waals surface area contributed by atoms with Gasteiger partial charge in [0.1, 0.15) is 12.1 Å². The number of fused-ring (bicyclic) bond motifs is 1. The summed E-state index contributed by atoms with van der Waals surface area (Å²) in [6.45, 7) is 4.32. The third kappa shape index (κ3) is 5.86. The second kappa shape index (κ2) is 11.4. The molecule has 4 unspecified atom stereocenters. The number of hydrogen-bond acceptors (Lipinski definition) is 6. The average molecular weight is 447 g/mol. The zero-order valence-electron chi connectivity index (χ0n) is 18.9. The number of aliphatic carboxylic acids is 1. The molecular weight excluding hydrogens is 412 g/mol. The van der Waals surface area contributed by atoms with Crippen molar-refractivity contribution in [3.05, 3.63) is 35.9 Å². The van der Waals surface area contributed by atoms with Crippen molar-refractivity contribution in [1.82, 2.24) is 10.2 Å². The van der Waals surface area contributed by atoms with Crippen LogP contribution in [0.2, 0.25) is 0 Å². The summed E-state index contributed by atoms with van der Waals surface area (Å²) in [4.78, 5) is 39.4. The van der Waals surface area contributed by atoms with E-state index in [1.807, 2.05) is 30.3 Å². The van der Waals surface area contributed by atoms with Crippen LogP contribution < -0.4 is 5.32 Å². The van der Waals surface area contributed by atoms with Gasteiger partial charge in [0.2, 0.25) is 5.91 Å². The smallest absolute Gasteiger partial charge is 0.326 e. The number of carbonyl (C=O) groups excluding carboxylic acids is 2. The topological polar surface area (TPSA) is 105 Å². The molecule has 2 heterocycles. The standard InChI is InChI=1S/C24H34N2O6/c1-3-31-24(30)18(12-11-17-8-5-4-6-9-17)25-16(2)22(27)26-19-10-7-15-32-21(19)14-13-20(26)23(28)29/h4-6,8-9,16,18-21,25H,3,7,10-15H2,1-2H3,(H,28,29)/t16-,18?,19?,20?,21?/m0/s1.